The van der Waals surface area contributed by atoms with Crippen molar-refractivity contribution in [2.75, 3.05) is 19.7 Å². The van der Waals surface area contributed by atoms with Crippen molar-refractivity contribution in [1.82, 2.24) is 9.88 Å². The summed E-state index contributed by atoms with van der Waals surface area (Å²) >= 11 is 0. The van der Waals surface area contributed by atoms with Crippen LogP contribution in [0, 0.1) is 29.5 Å². The van der Waals surface area contributed by atoms with Gasteiger partial charge in [0.05, 0.1) is 24.3 Å². The normalized spacial score (nSPS) is 28.5. The van der Waals surface area contributed by atoms with Crippen LogP contribution in [0.3, 0.4) is 0 Å². The molecule has 0 radical (unpaired) electrons. The Kier molecular flexibility index (Phi) is 4.64. The molecule has 1 fully saturated rings. The molecule has 2 aliphatic rings. The van der Waals surface area contributed by atoms with E-state index in [0.717, 1.165) is 6.20 Å². The fourth-order valence-electron chi connectivity index (χ4n) is 3.78. The molecule has 2 heterocycles. The van der Waals surface area contributed by atoms with E-state index >= 15 is 0 Å². The number of fused-ring (bicyclic) bond motifs is 1. The SMILES string of the molecule is CCOC(=O)[C@@H]1[C@H]2CN(C(=O)c3ccncc3F)C[C@@H]2C=C[C@@H]1C. The summed E-state index contributed by atoms with van der Waals surface area (Å²) in [6, 6.07) is 1.39. The van der Waals surface area contributed by atoms with E-state index in [1.807, 2.05) is 13.0 Å². The maximum atomic E-state index is 13.8. The lowest BCUT2D eigenvalue weighted by atomic mass is 9.72. The summed E-state index contributed by atoms with van der Waals surface area (Å²) in [6.45, 7) is 5.04. The summed E-state index contributed by atoms with van der Waals surface area (Å²) in [5.74, 6) is -1.27. The molecule has 1 amide bonds. The summed E-state index contributed by atoms with van der Waals surface area (Å²) in [6.07, 6.45) is 6.54. The third-order valence-corrected chi connectivity index (χ3v) is 4.95. The molecule has 0 saturated carbocycles. The number of aromatic nitrogens is 1. The Morgan fingerprint density at radius 1 is 1.38 bits per heavy atom. The molecule has 128 valence electrons. The number of amides is 1. The maximum absolute atomic E-state index is 13.8. The largest absolute Gasteiger partial charge is 0.466 e. The van der Waals surface area contributed by atoms with Gasteiger partial charge in [0.25, 0.3) is 5.91 Å². The molecule has 1 aromatic rings. The van der Waals surface area contributed by atoms with E-state index in [1.54, 1.807) is 11.8 Å². The number of nitrogens with zero attached hydrogens (tertiary/aromatic N) is 2. The van der Waals surface area contributed by atoms with Crippen LogP contribution in [0.1, 0.15) is 24.2 Å². The van der Waals surface area contributed by atoms with Crippen molar-refractivity contribution in [3.05, 3.63) is 42.0 Å². The zero-order valence-corrected chi connectivity index (χ0v) is 13.8. The van der Waals surface area contributed by atoms with Crippen molar-refractivity contribution in [2.24, 2.45) is 23.7 Å². The summed E-state index contributed by atoms with van der Waals surface area (Å²) in [5, 5.41) is 0. The molecule has 24 heavy (non-hydrogen) atoms. The highest BCUT2D eigenvalue weighted by Crippen LogP contribution is 2.40. The van der Waals surface area contributed by atoms with Crippen molar-refractivity contribution in [3.8, 4) is 0 Å². The van der Waals surface area contributed by atoms with Gasteiger partial charge in [-0.25, -0.2) is 4.39 Å². The van der Waals surface area contributed by atoms with E-state index in [9.17, 15) is 14.0 Å². The second kappa shape index (κ2) is 6.71. The molecule has 0 N–H and O–H groups in total. The molecule has 0 unspecified atom stereocenters. The number of allylic oxidation sites excluding steroid dienone is 1. The Morgan fingerprint density at radius 2 is 2.17 bits per heavy atom. The first-order valence-electron chi connectivity index (χ1n) is 8.26. The minimum atomic E-state index is -0.622. The second-order valence-corrected chi connectivity index (χ2v) is 6.42. The molecular weight excluding hydrogens is 311 g/mol. The third kappa shape index (κ3) is 2.92. The first-order chi connectivity index (χ1) is 11.5. The van der Waals surface area contributed by atoms with Crippen LogP contribution in [-0.2, 0) is 9.53 Å². The minimum absolute atomic E-state index is 0.0119. The van der Waals surface area contributed by atoms with E-state index in [2.05, 4.69) is 11.1 Å². The van der Waals surface area contributed by atoms with E-state index < -0.39 is 5.82 Å². The van der Waals surface area contributed by atoms with Crippen LogP contribution >= 0.6 is 0 Å². The predicted octanol–water partition coefficient (Wildman–Crippen LogP) is 2.29. The van der Waals surface area contributed by atoms with Gasteiger partial charge >= 0.3 is 5.97 Å². The van der Waals surface area contributed by atoms with Gasteiger partial charge in [-0.1, -0.05) is 19.1 Å². The zero-order chi connectivity index (χ0) is 17.3. The van der Waals surface area contributed by atoms with Gasteiger partial charge in [0.2, 0.25) is 0 Å². The number of halogens is 1. The Morgan fingerprint density at radius 3 is 2.88 bits per heavy atom. The summed E-state index contributed by atoms with van der Waals surface area (Å²) in [4.78, 5) is 30.2. The van der Waals surface area contributed by atoms with Gasteiger partial charge in [-0.3, -0.25) is 14.6 Å². The number of hydrogen-bond donors (Lipinski definition) is 0. The molecule has 1 aromatic heterocycles. The minimum Gasteiger partial charge on any atom is -0.466 e. The van der Waals surface area contributed by atoms with Gasteiger partial charge in [0, 0.05) is 19.3 Å². The first-order valence-corrected chi connectivity index (χ1v) is 8.26. The Labute approximate surface area is 140 Å². The molecule has 6 heteroatoms. The zero-order valence-electron chi connectivity index (χ0n) is 13.8. The van der Waals surface area contributed by atoms with Gasteiger partial charge in [0.15, 0.2) is 5.82 Å². The lowest BCUT2D eigenvalue weighted by molar-refractivity contribution is -0.152. The van der Waals surface area contributed by atoms with Crippen LogP contribution < -0.4 is 0 Å². The van der Waals surface area contributed by atoms with Crippen LogP contribution in [0.4, 0.5) is 4.39 Å². The average Bonchev–Trinajstić information content (AvgIpc) is 2.98. The van der Waals surface area contributed by atoms with Crippen LogP contribution in [0.5, 0.6) is 0 Å². The smallest absolute Gasteiger partial charge is 0.309 e. The highest BCUT2D eigenvalue weighted by atomic mass is 19.1. The number of carbonyl (C=O) groups is 2. The van der Waals surface area contributed by atoms with Crippen molar-refractivity contribution in [1.29, 1.82) is 0 Å². The van der Waals surface area contributed by atoms with Crippen LogP contribution in [0.25, 0.3) is 0 Å². The number of rotatable bonds is 3. The van der Waals surface area contributed by atoms with Crippen LogP contribution in [0.2, 0.25) is 0 Å². The number of likely N-dealkylation sites (tertiary alicyclic amines) is 1. The maximum Gasteiger partial charge on any atom is 0.309 e. The van der Waals surface area contributed by atoms with E-state index in [4.69, 9.17) is 4.74 Å². The molecule has 0 aromatic carbocycles. The van der Waals surface area contributed by atoms with Gasteiger partial charge < -0.3 is 9.64 Å². The molecule has 5 nitrogen and oxygen atoms in total. The number of esters is 1. The standard InChI is InChI=1S/C18H21FN2O3/c1-3-24-18(23)16-11(2)4-5-12-9-21(10-14(12)16)17(22)13-6-7-20-8-15(13)19/h4-8,11-12,14,16H,3,9-10H2,1-2H3/t11-,12-,14-,16-/m0/s1. The number of ether oxygens (including phenoxy) is 1. The van der Waals surface area contributed by atoms with Crippen LogP contribution in [-0.4, -0.2) is 41.5 Å². The topological polar surface area (TPSA) is 59.5 Å². The van der Waals surface area contributed by atoms with Crippen molar-refractivity contribution >= 4 is 11.9 Å². The first kappa shape index (κ1) is 16.6. The molecule has 4 atom stereocenters. The average molecular weight is 332 g/mol. The van der Waals surface area contributed by atoms with Gasteiger partial charge in [-0.05, 0) is 30.7 Å². The highest BCUT2D eigenvalue weighted by Gasteiger charge is 2.46. The number of pyridine rings is 1. The number of hydrogen-bond acceptors (Lipinski definition) is 4. The van der Waals surface area contributed by atoms with Gasteiger partial charge in [0.1, 0.15) is 0 Å². The summed E-state index contributed by atoms with van der Waals surface area (Å²) in [5.41, 5.74) is 0.0216. The van der Waals surface area contributed by atoms with E-state index in [0.29, 0.717) is 19.7 Å². The van der Waals surface area contributed by atoms with Crippen molar-refractivity contribution in [2.45, 2.75) is 13.8 Å². The van der Waals surface area contributed by atoms with Gasteiger partial charge in [-0.2, -0.15) is 0 Å². The monoisotopic (exact) mass is 332 g/mol. The molecular formula is C18H21FN2O3. The second-order valence-electron chi connectivity index (χ2n) is 6.42. The number of carbonyl (C=O) groups excluding carboxylic acids is 2. The Bertz CT molecular complexity index is 676. The lowest BCUT2D eigenvalue weighted by Gasteiger charge is -2.31. The fraction of sp³-hybridized carbons (Fsp3) is 0.500. The molecule has 0 bridgehead atoms. The predicted molar refractivity (Wildman–Crippen MR) is 85.5 cm³/mol. The summed E-state index contributed by atoms with van der Waals surface area (Å²) in [7, 11) is 0. The Hall–Kier alpha value is -2.24. The summed E-state index contributed by atoms with van der Waals surface area (Å²) < 4.78 is 19.0. The molecule has 1 saturated heterocycles. The van der Waals surface area contributed by atoms with Crippen molar-refractivity contribution < 1.29 is 18.7 Å². The van der Waals surface area contributed by atoms with E-state index in [-0.39, 0.29) is 41.1 Å². The molecule has 3 rings (SSSR count). The van der Waals surface area contributed by atoms with Crippen LogP contribution in [0.15, 0.2) is 30.6 Å². The van der Waals surface area contributed by atoms with Crippen molar-refractivity contribution in [3.63, 3.8) is 0 Å². The molecule has 0 spiro atoms. The van der Waals surface area contributed by atoms with E-state index in [1.165, 1.54) is 12.3 Å². The van der Waals surface area contributed by atoms with Gasteiger partial charge in [-0.15, -0.1) is 0 Å². The molecule has 1 aliphatic heterocycles. The quantitative estimate of drug-likeness (QED) is 0.629. The molecule has 1 aliphatic carbocycles. The third-order valence-electron chi connectivity index (χ3n) is 4.95. The Balaban J connectivity index is 1.80. The fourth-order valence-corrected chi connectivity index (χ4v) is 3.78. The lowest BCUT2D eigenvalue weighted by Crippen LogP contribution is -2.37. The highest BCUT2D eigenvalue weighted by molar-refractivity contribution is 5.94.